The van der Waals surface area contributed by atoms with Crippen molar-refractivity contribution in [3.63, 3.8) is 0 Å². The van der Waals surface area contributed by atoms with Gasteiger partial charge in [0.25, 0.3) is 0 Å². The van der Waals surface area contributed by atoms with Gasteiger partial charge in [0.05, 0.1) is 6.61 Å². The summed E-state index contributed by atoms with van der Waals surface area (Å²) in [6, 6.07) is 0. The van der Waals surface area contributed by atoms with E-state index in [2.05, 4.69) is 14.8 Å². The molecule has 0 aromatic heterocycles. The van der Waals surface area contributed by atoms with Crippen LogP contribution in [0.3, 0.4) is 0 Å². The summed E-state index contributed by atoms with van der Waals surface area (Å²) in [6.45, 7) is 2.22. The minimum atomic E-state index is 0.00431. The predicted octanol–water partition coefficient (Wildman–Crippen LogP) is 1.31. The topological polar surface area (TPSA) is 81.8 Å². The van der Waals surface area contributed by atoms with E-state index < -0.39 is 0 Å². The van der Waals surface area contributed by atoms with Gasteiger partial charge in [-0.2, -0.15) is 0 Å². The molecule has 5 heteroatoms. The third-order valence-electron chi connectivity index (χ3n) is 0.596. The number of nitrogens with one attached hydrogen (secondary N) is 1. The van der Waals surface area contributed by atoms with Gasteiger partial charge in [-0.15, -0.1) is 0 Å². The van der Waals surface area contributed by atoms with Crippen LogP contribution in [-0.2, 0) is 4.74 Å². The Bertz CT molecular complexity index is 138. The lowest BCUT2D eigenvalue weighted by Crippen LogP contribution is -2.05. The van der Waals surface area contributed by atoms with Gasteiger partial charge in [-0.1, -0.05) is 5.11 Å². The van der Waals surface area contributed by atoms with Gasteiger partial charge >= 0.3 is 0 Å². The Labute approximate surface area is 52.8 Å². The highest BCUT2D eigenvalue weighted by Gasteiger charge is 1.89. The number of hydrogen-bond donors (Lipinski definition) is 1. The smallest absolute Gasteiger partial charge is 0.186 e. The lowest BCUT2D eigenvalue weighted by atomic mass is 10.6. The molecular weight excluding hydrogens is 120 g/mol. The maximum atomic E-state index is 7.79. The molecule has 0 aliphatic carbocycles. The average Bonchev–Trinajstić information content (AvgIpc) is 1.85. The van der Waals surface area contributed by atoms with Crippen molar-refractivity contribution < 1.29 is 4.74 Å². The molecule has 0 spiro atoms. The molecule has 5 nitrogen and oxygen atoms in total. The number of azide groups is 1. The highest BCUT2D eigenvalue weighted by molar-refractivity contribution is 5.74. The molecule has 50 valence electrons. The van der Waals surface area contributed by atoms with E-state index in [0.717, 1.165) is 0 Å². The summed E-state index contributed by atoms with van der Waals surface area (Å²) in [7, 11) is 0. The van der Waals surface area contributed by atoms with E-state index in [0.29, 0.717) is 6.61 Å². The predicted molar refractivity (Wildman–Crippen MR) is 33.4 cm³/mol. The fourth-order valence-corrected chi connectivity index (χ4v) is 0.316. The SMILES string of the molecule is CCOC(=N)CN=[N+]=[N-]. The van der Waals surface area contributed by atoms with Crippen LogP contribution in [0, 0.1) is 5.41 Å². The molecular formula is C4H8N4O. The van der Waals surface area contributed by atoms with E-state index in [4.69, 9.17) is 10.9 Å². The number of rotatable bonds is 3. The summed E-state index contributed by atoms with van der Waals surface area (Å²) in [4.78, 5) is 2.46. The van der Waals surface area contributed by atoms with Gasteiger partial charge in [-0.25, -0.2) is 0 Å². The van der Waals surface area contributed by atoms with E-state index in [-0.39, 0.29) is 12.4 Å². The molecule has 0 unspecified atom stereocenters. The molecule has 0 amide bonds. The van der Waals surface area contributed by atoms with E-state index >= 15 is 0 Å². The zero-order valence-corrected chi connectivity index (χ0v) is 5.16. The zero-order valence-electron chi connectivity index (χ0n) is 5.16. The second-order valence-corrected chi connectivity index (χ2v) is 1.25. The molecule has 0 fully saturated rings. The fraction of sp³-hybridized carbons (Fsp3) is 0.750. The molecule has 0 aliphatic heterocycles. The molecule has 0 bridgehead atoms. The van der Waals surface area contributed by atoms with Crippen molar-refractivity contribution in [3.8, 4) is 0 Å². The summed E-state index contributed by atoms with van der Waals surface area (Å²) >= 11 is 0. The van der Waals surface area contributed by atoms with Crippen LogP contribution in [0.25, 0.3) is 10.4 Å². The fourth-order valence-electron chi connectivity index (χ4n) is 0.316. The van der Waals surface area contributed by atoms with Crippen molar-refractivity contribution in [3.05, 3.63) is 10.4 Å². The molecule has 0 aliphatic rings. The van der Waals surface area contributed by atoms with Gasteiger partial charge in [0.2, 0.25) is 0 Å². The van der Waals surface area contributed by atoms with Crippen LogP contribution in [-0.4, -0.2) is 19.0 Å². The van der Waals surface area contributed by atoms with Crippen LogP contribution in [0.1, 0.15) is 6.92 Å². The zero-order chi connectivity index (χ0) is 7.11. The first-order valence-electron chi connectivity index (χ1n) is 2.52. The highest BCUT2D eigenvalue weighted by Crippen LogP contribution is 1.79. The largest absolute Gasteiger partial charge is 0.481 e. The van der Waals surface area contributed by atoms with Crippen molar-refractivity contribution in [2.45, 2.75) is 6.92 Å². The maximum absolute atomic E-state index is 7.79. The Balaban J connectivity index is 3.38. The molecule has 0 radical (unpaired) electrons. The summed E-state index contributed by atoms with van der Waals surface area (Å²) in [5.74, 6) is 0.00954. The number of nitrogens with zero attached hydrogens (tertiary/aromatic N) is 3. The second kappa shape index (κ2) is 4.93. The van der Waals surface area contributed by atoms with E-state index in [1.807, 2.05) is 0 Å². The van der Waals surface area contributed by atoms with Gasteiger partial charge in [-0.3, -0.25) is 5.41 Å². The first-order valence-corrected chi connectivity index (χ1v) is 2.52. The van der Waals surface area contributed by atoms with Crippen LogP contribution in [0.4, 0.5) is 0 Å². The van der Waals surface area contributed by atoms with Gasteiger partial charge in [0.1, 0.15) is 6.54 Å². The van der Waals surface area contributed by atoms with Gasteiger partial charge in [-0.05, 0) is 12.5 Å². The maximum Gasteiger partial charge on any atom is 0.186 e. The Kier molecular flexibility index (Phi) is 4.26. The molecule has 0 saturated carbocycles. The first kappa shape index (κ1) is 7.78. The van der Waals surface area contributed by atoms with E-state index in [9.17, 15) is 0 Å². The monoisotopic (exact) mass is 128 g/mol. The lowest BCUT2D eigenvalue weighted by Gasteiger charge is -1.97. The molecule has 0 aromatic carbocycles. The minimum absolute atomic E-state index is 0.00431. The lowest BCUT2D eigenvalue weighted by molar-refractivity contribution is 0.318. The van der Waals surface area contributed by atoms with Crippen molar-refractivity contribution in [1.82, 2.24) is 0 Å². The van der Waals surface area contributed by atoms with Gasteiger partial charge in [0.15, 0.2) is 5.90 Å². The van der Waals surface area contributed by atoms with Gasteiger partial charge < -0.3 is 4.74 Å². The van der Waals surface area contributed by atoms with Gasteiger partial charge in [0, 0.05) is 4.91 Å². The third-order valence-corrected chi connectivity index (χ3v) is 0.596. The number of hydrogen-bond acceptors (Lipinski definition) is 3. The molecule has 0 heterocycles. The third kappa shape index (κ3) is 4.64. The quantitative estimate of drug-likeness (QED) is 0.201. The van der Waals surface area contributed by atoms with Crippen LogP contribution < -0.4 is 0 Å². The van der Waals surface area contributed by atoms with Crippen LogP contribution in [0.2, 0.25) is 0 Å². The van der Waals surface area contributed by atoms with Crippen LogP contribution in [0.5, 0.6) is 0 Å². The van der Waals surface area contributed by atoms with Crippen molar-refractivity contribution in [2.24, 2.45) is 5.11 Å². The first-order chi connectivity index (χ1) is 4.31. The molecule has 0 aromatic rings. The summed E-state index contributed by atoms with van der Waals surface area (Å²) in [5, 5.41) is 10.0. The Morgan fingerprint density at radius 1 is 1.89 bits per heavy atom. The Morgan fingerprint density at radius 2 is 2.56 bits per heavy atom. The standard InChI is InChI=1S/C4H8N4O/c1-2-9-4(5)3-7-8-6/h5H,2-3H2,1H3. The summed E-state index contributed by atoms with van der Waals surface area (Å²) in [5.41, 5.74) is 7.79. The molecule has 0 saturated heterocycles. The van der Waals surface area contributed by atoms with Crippen LogP contribution >= 0.6 is 0 Å². The summed E-state index contributed by atoms with van der Waals surface area (Å²) in [6.07, 6.45) is 0. The Morgan fingerprint density at radius 3 is 3.00 bits per heavy atom. The highest BCUT2D eigenvalue weighted by atomic mass is 16.5. The van der Waals surface area contributed by atoms with Crippen molar-refractivity contribution in [2.75, 3.05) is 13.2 Å². The molecule has 0 atom stereocenters. The molecule has 1 N–H and O–H groups in total. The minimum Gasteiger partial charge on any atom is -0.481 e. The normalized spacial score (nSPS) is 7.67. The van der Waals surface area contributed by atoms with Crippen molar-refractivity contribution >= 4 is 5.90 Å². The second-order valence-electron chi connectivity index (χ2n) is 1.25. The van der Waals surface area contributed by atoms with E-state index in [1.54, 1.807) is 6.92 Å². The summed E-state index contributed by atoms with van der Waals surface area (Å²) < 4.78 is 4.66. The number of ether oxygens (including phenoxy) is 1. The van der Waals surface area contributed by atoms with Crippen LogP contribution in [0.15, 0.2) is 5.11 Å². The Hall–Kier alpha value is -1.22. The van der Waals surface area contributed by atoms with E-state index in [1.165, 1.54) is 0 Å². The van der Waals surface area contributed by atoms with Crippen molar-refractivity contribution in [1.29, 1.82) is 5.41 Å². The molecule has 0 rings (SSSR count). The average molecular weight is 128 g/mol. The molecule has 9 heavy (non-hydrogen) atoms.